The molecule has 2 rings (SSSR count). The monoisotopic (exact) mass is 337 g/mol. The molecule has 0 aromatic heterocycles. The van der Waals surface area contributed by atoms with Gasteiger partial charge in [-0.3, -0.25) is 9.89 Å². The summed E-state index contributed by atoms with van der Waals surface area (Å²) in [6.45, 7) is 15.0. The molecule has 2 saturated heterocycles. The molecule has 5 nitrogen and oxygen atoms in total. The Hall–Kier alpha value is -0.810. The lowest BCUT2D eigenvalue weighted by atomic mass is 9.98. The van der Waals surface area contributed by atoms with Gasteiger partial charge in [0.15, 0.2) is 5.96 Å². The predicted octanol–water partition coefficient (Wildman–Crippen LogP) is 2.29. The Bertz CT molecular complexity index is 391. The summed E-state index contributed by atoms with van der Waals surface area (Å²) in [5, 5.41) is 7.21. The lowest BCUT2D eigenvalue weighted by Gasteiger charge is -2.41. The highest BCUT2D eigenvalue weighted by atomic mass is 15.3. The number of rotatable bonds is 5. The van der Waals surface area contributed by atoms with E-state index in [2.05, 4.69) is 53.1 Å². The fourth-order valence-electron chi connectivity index (χ4n) is 3.86. The van der Waals surface area contributed by atoms with Crippen molar-refractivity contribution < 1.29 is 0 Å². The van der Waals surface area contributed by atoms with Crippen molar-refractivity contribution in [3.63, 3.8) is 0 Å². The van der Waals surface area contributed by atoms with Crippen molar-refractivity contribution in [2.45, 2.75) is 77.4 Å². The van der Waals surface area contributed by atoms with Crippen LogP contribution in [0.4, 0.5) is 0 Å². The van der Waals surface area contributed by atoms with Crippen molar-refractivity contribution in [1.29, 1.82) is 0 Å². The standard InChI is InChI=1S/C19H39N5/c1-16(2)23-13-9-17(10-14-23)22-18(20-5)21-15-19(3,4)24-11-7-6-8-12-24/h16-17H,6-15H2,1-5H3,(H2,20,21,22). The number of hydrogen-bond acceptors (Lipinski definition) is 3. The highest BCUT2D eigenvalue weighted by Gasteiger charge is 2.28. The van der Waals surface area contributed by atoms with Crippen LogP contribution < -0.4 is 10.6 Å². The second kappa shape index (κ2) is 9.04. The van der Waals surface area contributed by atoms with E-state index in [9.17, 15) is 0 Å². The van der Waals surface area contributed by atoms with Crippen molar-refractivity contribution in [3.8, 4) is 0 Å². The molecule has 0 radical (unpaired) electrons. The molecule has 2 N–H and O–H groups in total. The van der Waals surface area contributed by atoms with E-state index in [1.54, 1.807) is 0 Å². The van der Waals surface area contributed by atoms with Crippen LogP contribution in [0.5, 0.6) is 0 Å². The highest BCUT2D eigenvalue weighted by Crippen LogP contribution is 2.20. The van der Waals surface area contributed by atoms with Gasteiger partial charge in [-0.25, -0.2) is 0 Å². The fraction of sp³-hybridized carbons (Fsp3) is 0.947. The smallest absolute Gasteiger partial charge is 0.191 e. The molecule has 0 aromatic rings. The van der Waals surface area contributed by atoms with Crippen LogP contribution in [-0.2, 0) is 0 Å². The maximum atomic E-state index is 4.45. The number of hydrogen-bond donors (Lipinski definition) is 2. The van der Waals surface area contributed by atoms with Crippen LogP contribution >= 0.6 is 0 Å². The van der Waals surface area contributed by atoms with Crippen molar-refractivity contribution in [2.75, 3.05) is 39.8 Å². The van der Waals surface area contributed by atoms with Gasteiger partial charge in [0.2, 0.25) is 0 Å². The van der Waals surface area contributed by atoms with Gasteiger partial charge >= 0.3 is 0 Å². The summed E-state index contributed by atoms with van der Waals surface area (Å²) >= 11 is 0. The molecular weight excluding hydrogens is 298 g/mol. The predicted molar refractivity (Wildman–Crippen MR) is 104 cm³/mol. The molecule has 0 saturated carbocycles. The van der Waals surface area contributed by atoms with E-state index < -0.39 is 0 Å². The van der Waals surface area contributed by atoms with Crippen LogP contribution in [-0.4, -0.2) is 73.2 Å². The summed E-state index contributed by atoms with van der Waals surface area (Å²) in [7, 11) is 1.88. The minimum absolute atomic E-state index is 0.180. The third-order valence-corrected chi connectivity index (χ3v) is 5.72. The van der Waals surface area contributed by atoms with E-state index in [0.29, 0.717) is 12.1 Å². The van der Waals surface area contributed by atoms with Crippen LogP contribution in [0, 0.1) is 0 Å². The van der Waals surface area contributed by atoms with Gasteiger partial charge in [-0.05, 0) is 66.5 Å². The first kappa shape index (κ1) is 19.5. The summed E-state index contributed by atoms with van der Waals surface area (Å²) in [4.78, 5) is 9.63. The zero-order valence-electron chi connectivity index (χ0n) is 16.6. The minimum Gasteiger partial charge on any atom is -0.355 e. The minimum atomic E-state index is 0.180. The number of likely N-dealkylation sites (tertiary alicyclic amines) is 2. The van der Waals surface area contributed by atoms with Crippen LogP contribution in [0.15, 0.2) is 4.99 Å². The van der Waals surface area contributed by atoms with E-state index in [4.69, 9.17) is 0 Å². The zero-order chi connectivity index (χ0) is 17.6. The van der Waals surface area contributed by atoms with E-state index in [1.165, 1.54) is 58.3 Å². The topological polar surface area (TPSA) is 42.9 Å². The van der Waals surface area contributed by atoms with Crippen LogP contribution in [0.25, 0.3) is 0 Å². The summed E-state index contributed by atoms with van der Waals surface area (Å²) in [6, 6.07) is 1.21. The molecule has 0 spiro atoms. The quantitative estimate of drug-likeness (QED) is 0.597. The van der Waals surface area contributed by atoms with Gasteiger partial charge in [0.1, 0.15) is 0 Å². The second-order valence-electron chi connectivity index (χ2n) is 8.33. The average Bonchev–Trinajstić information content (AvgIpc) is 2.59. The van der Waals surface area contributed by atoms with E-state index in [0.717, 1.165) is 12.5 Å². The summed E-state index contributed by atoms with van der Waals surface area (Å²) < 4.78 is 0. The lowest BCUT2D eigenvalue weighted by molar-refractivity contribution is 0.0980. The molecular formula is C19H39N5. The largest absolute Gasteiger partial charge is 0.355 e. The maximum Gasteiger partial charge on any atom is 0.191 e. The summed E-state index contributed by atoms with van der Waals surface area (Å²) in [5.74, 6) is 0.961. The molecule has 0 bridgehead atoms. The third-order valence-electron chi connectivity index (χ3n) is 5.72. The molecule has 140 valence electrons. The Morgan fingerprint density at radius 1 is 1.08 bits per heavy atom. The maximum absolute atomic E-state index is 4.45. The molecule has 0 atom stereocenters. The molecule has 0 unspecified atom stereocenters. The average molecular weight is 338 g/mol. The Labute approximate surface area is 149 Å². The van der Waals surface area contributed by atoms with E-state index in [-0.39, 0.29) is 5.54 Å². The number of nitrogens with zero attached hydrogens (tertiary/aromatic N) is 3. The SMILES string of the molecule is CN=C(NCC(C)(C)N1CCCCC1)NC1CCN(C(C)C)CC1. The van der Waals surface area contributed by atoms with E-state index >= 15 is 0 Å². The van der Waals surface area contributed by atoms with Gasteiger partial charge in [-0.1, -0.05) is 6.42 Å². The van der Waals surface area contributed by atoms with Gasteiger partial charge in [0.25, 0.3) is 0 Å². The van der Waals surface area contributed by atoms with Gasteiger partial charge in [-0.15, -0.1) is 0 Å². The molecule has 0 amide bonds. The Kier molecular flexibility index (Phi) is 7.35. The van der Waals surface area contributed by atoms with Gasteiger partial charge < -0.3 is 15.5 Å². The first-order valence-electron chi connectivity index (χ1n) is 9.88. The molecule has 24 heavy (non-hydrogen) atoms. The van der Waals surface area contributed by atoms with Crippen LogP contribution in [0.3, 0.4) is 0 Å². The van der Waals surface area contributed by atoms with E-state index in [1.807, 2.05) is 7.05 Å². The summed E-state index contributed by atoms with van der Waals surface area (Å²) in [5.41, 5.74) is 0.180. The number of piperidine rings is 2. The van der Waals surface area contributed by atoms with Gasteiger partial charge in [-0.2, -0.15) is 0 Å². The number of aliphatic imine (C=N–C) groups is 1. The molecule has 2 fully saturated rings. The molecule has 5 heteroatoms. The van der Waals surface area contributed by atoms with Crippen molar-refractivity contribution in [3.05, 3.63) is 0 Å². The highest BCUT2D eigenvalue weighted by molar-refractivity contribution is 5.80. The van der Waals surface area contributed by atoms with Crippen molar-refractivity contribution >= 4 is 5.96 Å². The number of nitrogens with one attached hydrogen (secondary N) is 2. The van der Waals surface area contributed by atoms with Crippen molar-refractivity contribution in [1.82, 2.24) is 20.4 Å². The van der Waals surface area contributed by atoms with Crippen LogP contribution in [0.1, 0.15) is 59.8 Å². The normalized spacial score (nSPS) is 22.8. The number of guanidine groups is 1. The molecule has 0 aliphatic carbocycles. The Morgan fingerprint density at radius 3 is 2.25 bits per heavy atom. The van der Waals surface area contributed by atoms with Gasteiger partial charge in [0, 0.05) is 44.3 Å². The van der Waals surface area contributed by atoms with Crippen LogP contribution in [0.2, 0.25) is 0 Å². The Balaban J connectivity index is 1.76. The zero-order valence-corrected chi connectivity index (χ0v) is 16.6. The Morgan fingerprint density at radius 2 is 1.71 bits per heavy atom. The molecule has 2 aliphatic heterocycles. The molecule has 2 aliphatic rings. The molecule has 0 aromatic carbocycles. The first-order valence-corrected chi connectivity index (χ1v) is 9.88. The molecule has 2 heterocycles. The first-order chi connectivity index (χ1) is 11.4. The fourth-order valence-corrected chi connectivity index (χ4v) is 3.86. The summed E-state index contributed by atoms with van der Waals surface area (Å²) in [6.07, 6.45) is 6.47. The third kappa shape index (κ3) is 5.62. The lowest BCUT2D eigenvalue weighted by Crippen LogP contribution is -2.56. The second-order valence-corrected chi connectivity index (χ2v) is 8.33. The van der Waals surface area contributed by atoms with Crippen molar-refractivity contribution in [2.24, 2.45) is 4.99 Å². The van der Waals surface area contributed by atoms with Gasteiger partial charge in [0.05, 0.1) is 0 Å².